The van der Waals surface area contributed by atoms with E-state index in [4.69, 9.17) is 4.74 Å². The van der Waals surface area contributed by atoms with Crippen molar-refractivity contribution in [1.82, 2.24) is 20.3 Å². The zero-order valence-electron chi connectivity index (χ0n) is 16.6. The highest BCUT2D eigenvalue weighted by Crippen LogP contribution is 2.24. The first-order valence-electron chi connectivity index (χ1n) is 9.48. The normalized spacial score (nSPS) is 13.5. The van der Waals surface area contributed by atoms with Crippen LogP contribution in [0.1, 0.15) is 15.9 Å². The largest absolute Gasteiger partial charge is 0.487 e. The van der Waals surface area contributed by atoms with Gasteiger partial charge in [-0.15, -0.1) is 0 Å². The second-order valence-electron chi connectivity index (χ2n) is 6.94. The van der Waals surface area contributed by atoms with Crippen molar-refractivity contribution in [2.75, 3.05) is 30.4 Å². The fourth-order valence-corrected chi connectivity index (χ4v) is 3.04. The Hall–Kier alpha value is -3.75. The van der Waals surface area contributed by atoms with Gasteiger partial charge in [-0.3, -0.25) is 4.79 Å². The molecule has 1 aliphatic rings. The first kappa shape index (κ1) is 19.6. The number of benzene rings is 2. The van der Waals surface area contributed by atoms with E-state index in [9.17, 15) is 9.18 Å². The Balaban J connectivity index is 1.40. The van der Waals surface area contributed by atoms with Crippen molar-refractivity contribution >= 4 is 23.5 Å². The van der Waals surface area contributed by atoms with Gasteiger partial charge in [0, 0.05) is 18.3 Å². The third-order valence-electron chi connectivity index (χ3n) is 4.78. The quantitative estimate of drug-likeness (QED) is 0.648. The van der Waals surface area contributed by atoms with Crippen molar-refractivity contribution in [3.05, 3.63) is 65.7 Å². The number of aromatic nitrogens is 3. The van der Waals surface area contributed by atoms with Gasteiger partial charge in [-0.25, -0.2) is 14.4 Å². The van der Waals surface area contributed by atoms with Crippen LogP contribution in [-0.4, -0.2) is 47.1 Å². The highest BCUT2D eigenvalue weighted by atomic mass is 19.1. The van der Waals surface area contributed by atoms with Crippen molar-refractivity contribution in [3.63, 3.8) is 0 Å². The predicted molar refractivity (Wildman–Crippen MR) is 111 cm³/mol. The molecule has 154 valence electrons. The summed E-state index contributed by atoms with van der Waals surface area (Å²) in [7, 11) is 1.59. The second kappa shape index (κ2) is 8.32. The molecule has 1 aliphatic heterocycles. The summed E-state index contributed by atoms with van der Waals surface area (Å²) in [5, 5.41) is 5.77. The third-order valence-corrected chi connectivity index (χ3v) is 4.78. The topological polar surface area (TPSA) is 92.3 Å². The van der Waals surface area contributed by atoms with Gasteiger partial charge in [0.2, 0.25) is 11.9 Å². The van der Waals surface area contributed by atoms with E-state index in [-0.39, 0.29) is 17.8 Å². The minimum Gasteiger partial charge on any atom is -0.487 e. The number of rotatable bonds is 6. The summed E-state index contributed by atoms with van der Waals surface area (Å²) in [4.78, 5) is 26.7. The van der Waals surface area contributed by atoms with Gasteiger partial charge < -0.3 is 20.3 Å². The summed E-state index contributed by atoms with van der Waals surface area (Å²) >= 11 is 0. The number of ether oxygens (including phenoxy) is 1. The zero-order chi connectivity index (χ0) is 21.1. The highest BCUT2D eigenvalue weighted by molar-refractivity contribution is 5.95. The van der Waals surface area contributed by atoms with Crippen LogP contribution in [0.15, 0.2) is 48.8 Å². The number of carbonyl (C=O) groups excluding carboxylic acids is 1. The molecule has 3 aromatic rings. The standard InChI is InChI=1S/C21H21FN6O2/c1-13-3-4-14(19(29)23-2)9-18(13)26-20-24-12-25-21(27-20)28-10-17(11-28)30-16-7-5-15(22)6-8-16/h3-9,12,17H,10-11H2,1-2H3,(H,23,29)(H,24,25,26,27). The van der Waals surface area contributed by atoms with E-state index >= 15 is 0 Å². The Morgan fingerprint density at radius 2 is 1.93 bits per heavy atom. The van der Waals surface area contributed by atoms with Gasteiger partial charge in [-0.2, -0.15) is 4.98 Å². The van der Waals surface area contributed by atoms with Gasteiger partial charge in [0.05, 0.1) is 13.1 Å². The molecule has 0 bridgehead atoms. The van der Waals surface area contributed by atoms with Crippen molar-refractivity contribution in [2.24, 2.45) is 0 Å². The molecule has 1 amide bonds. The second-order valence-corrected chi connectivity index (χ2v) is 6.94. The van der Waals surface area contributed by atoms with Gasteiger partial charge >= 0.3 is 0 Å². The molecule has 1 saturated heterocycles. The summed E-state index contributed by atoms with van der Waals surface area (Å²) in [6.07, 6.45) is 1.42. The summed E-state index contributed by atoms with van der Waals surface area (Å²) in [6.45, 7) is 3.17. The number of amides is 1. The fraction of sp³-hybridized carbons (Fsp3) is 0.238. The first-order valence-corrected chi connectivity index (χ1v) is 9.48. The molecular weight excluding hydrogens is 387 g/mol. The number of carbonyl (C=O) groups is 1. The number of halogens is 1. The Kier molecular flexibility index (Phi) is 5.42. The van der Waals surface area contributed by atoms with E-state index in [1.807, 2.05) is 17.9 Å². The molecule has 2 heterocycles. The van der Waals surface area contributed by atoms with Gasteiger partial charge in [-0.05, 0) is 48.9 Å². The molecule has 8 nitrogen and oxygen atoms in total. The van der Waals surface area contributed by atoms with Crippen molar-refractivity contribution < 1.29 is 13.9 Å². The average Bonchev–Trinajstić information content (AvgIpc) is 2.73. The zero-order valence-corrected chi connectivity index (χ0v) is 16.6. The van der Waals surface area contributed by atoms with E-state index in [1.54, 1.807) is 31.3 Å². The highest BCUT2D eigenvalue weighted by Gasteiger charge is 2.30. The van der Waals surface area contributed by atoms with Crippen LogP contribution in [0, 0.1) is 12.7 Å². The van der Waals surface area contributed by atoms with Crippen molar-refractivity contribution in [1.29, 1.82) is 0 Å². The Morgan fingerprint density at radius 1 is 1.17 bits per heavy atom. The van der Waals surface area contributed by atoms with Gasteiger partial charge in [-0.1, -0.05) is 6.07 Å². The maximum Gasteiger partial charge on any atom is 0.251 e. The smallest absolute Gasteiger partial charge is 0.251 e. The average molecular weight is 408 g/mol. The van der Waals surface area contributed by atoms with Crippen LogP contribution in [0.3, 0.4) is 0 Å². The predicted octanol–water partition coefficient (Wildman–Crippen LogP) is 2.69. The lowest BCUT2D eigenvalue weighted by molar-refractivity contribution is 0.0963. The van der Waals surface area contributed by atoms with Crippen molar-refractivity contribution in [3.8, 4) is 5.75 Å². The van der Waals surface area contributed by atoms with Crippen molar-refractivity contribution in [2.45, 2.75) is 13.0 Å². The SMILES string of the molecule is CNC(=O)c1ccc(C)c(Nc2ncnc(N3CC(Oc4ccc(F)cc4)C3)n2)c1. The summed E-state index contributed by atoms with van der Waals surface area (Å²) in [5.74, 6) is 1.10. The molecule has 0 unspecified atom stereocenters. The van der Waals surface area contributed by atoms with E-state index in [0.717, 1.165) is 11.3 Å². The summed E-state index contributed by atoms with van der Waals surface area (Å²) in [5.41, 5.74) is 2.25. The number of hydrogen-bond acceptors (Lipinski definition) is 7. The first-order chi connectivity index (χ1) is 14.5. The number of hydrogen-bond donors (Lipinski definition) is 2. The molecular formula is C21H21FN6O2. The Labute approximate surface area is 173 Å². The number of aryl methyl sites for hydroxylation is 1. The van der Waals surface area contributed by atoms with E-state index in [1.165, 1.54) is 18.5 Å². The molecule has 2 N–H and O–H groups in total. The lowest BCUT2D eigenvalue weighted by Crippen LogP contribution is -2.54. The van der Waals surface area contributed by atoms with Crippen LogP contribution >= 0.6 is 0 Å². The van der Waals surface area contributed by atoms with Crippen LogP contribution in [0.5, 0.6) is 5.75 Å². The molecule has 1 aromatic heterocycles. The molecule has 4 rings (SSSR count). The van der Waals surface area contributed by atoms with Crippen LogP contribution in [0.4, 0.5) is 22.0 Å². The van der Waals surface area contributed by atoms with Gasteiger partial charge in [0.1, 0.15) is 24.0 Å². The van der Waals surface area contributed by atoms with Crippen LogP contribution in [0.25, 0.3) is 0 Å². The number of nitrogens with one attached hydrogen (secondary N) is 2. The molecule has 0 spiro atoms. The molecule has 30 heavy (non-hydrogen) atoms. The van der Waals surface area contributed by atoms with Crippen LogP contribution < -0.4 is 20.3 Å². The minimum absolute atomic E-state index is 0.0184. The minimum atomic E-state index is -0.293. The molecule has 2 aromatic carbocycles. The van der Waals surface area contributed by atoms with E-state index in [2.05, 4.69) is 25.6 Å². The fourth-order valence-electron chi connectivity index (χ4n) is 3.04. The molecule has 0 saturated carbocycles. The Bertz CT molecular complexity index is 1050. The maximum absolute atomic E-state index is 13.0. The van der Waals surface area contributed by atoms with E-state index in [0.29, 0.717) is 36.3 Å². The molecule has 9 heteroatoms. The Morgan fingerprint density at radius 3 is 2.67 bits per heavy atom. The van der Waals surface area contributed by atoms with Crippen LogP contribution in [-0.2, 0) is 0 Å². The molecule has 1 fully saturated rings. The van der Waals surface area contributed by atoms with Crippen LogP contribution in [0.2, 0.25) is 0 Å². The van der Waals surface area contributed by atoms with Gasteiger partial charge in [0.25, 0.3) is 5.91 Å². The van der Waals surface area contributed by atoms with E-state index < -0.39 is 0 Å². The third kappa shape index (κ3) is 4.29. The maximum atomic E-state index is 13.0. The number of anilines is 3. The van der Waals surface area contributed by atoms with Gasteiger partial charge in [0.15, 0.2) is 0 Å². The lowest BCUT2D eigenvalue weighted by Gasteiger charge is -2.38. The molecule has 0 radical (unpaired) electrons. The molecule has 0 aliphatic carbocycles. The summed E-state index contributed by atoms with van der Waals surface area (Å²) < 4.78 is 18.8. The number of nitrogens with zero attached hydrogens (tertiary/aromatic N) is 4. The molecule has 0 atom stereocenters. The monoisotopic (exact) mass is 408 g/mol. The lowest BCUT2D eigenvalue weighted by atomic mass is 10.1. The summed E-state index contributed by atoms with van der Waals surface area (Å²) in [6, 6.07) is 11.3.